The van der Waals surface area contributed by atoms with Crippen LogP contribution in [0.4, 0.5) is 0 Å². The number of guanidine groups is 1. The molecule has 2 bridgehead atoms. The van der Waals surface area contributed by atoms with E-state index in [4.69, 9.17) is 9.73 Å². The molecule has 1 aromatic rings. The summed E-state index contributed by atoms with van der Waals surface area (Å²) < 4.78 is 6.07. The lowest BCUT2D eigenvalue weighted by atomic mass is 9.82. The average molecular weight is 343 g/mol. The number of aliphatic imine (C=N–C) groups is 1. The number of nitrogens with one attached hydrogen (secondary N) is 1. The highest BCUT2D eigenvalue weighted by molar-refractivity contribution is 5.80. The minimum Gasteiger partial charge on any atom is -0.386 e. The van der Waals surface area contributed by atoms with Gasteiger partial charge >= 0.3 is 0 Å². The van der Waals surface area contributed by atoms with Crippen LogP contribution in [0.2, 0.25) is 0 Å². The predicted octanol–water partition coefficient (Wildman–Crippen LogP) is 2.10. The molecule has 136 valence electrons. The Kier molecular flexibility index (Phi) is 4.69. The van der Waals surface area contributed by atoms with Crippen LogP contribution in [0.15, 0.2) is 29.3 Å². The average Bonchev–Trinajstić information content (AvgIpc) is 3.31. The van der Waals surface area contributed by atoms with Gasteiger partial charge in [-0.25, -0.2) is 0 Å². The number of benzene rings is 1. The summed E-state index contributed by atoms with van der Waals surface area (Å²) in [6, 6.07) is 8.03. The molecule has 3 aliphatic rings. The summed E-state index contributed by atoms with van der Waals surface area (Å²) in [7, 11) is 0. The van der Waals surface area contributed by atoms with Crippen LogP contribution >= 0.6 is 0 Å². The lowest BCUT2D eigenvalue weighted by molar-refractivity contribution is 0.0766. The molecule has 0 spiro atoms. The van der Waals surface area contributed by atoms with Crippen molar-refractivity contribution in [1.82, 2.24) is 10.2 Å². The summed E-state index contributed by atoms with van der Waals surface area (Å²) in [6.45, 7) is 7.43. The van der Waals surface area contributed by atoms with Gasteiger partial charge in [0.15, 0.2) is 5.96 Å². The first-order valence-electron chi connectivity index (χ1n) is 9.59. The molecule has 0 aromatic heterocycles. The molecule has 3 heterocycles. The maximum Gasteiger partial charge on any atom is 0.194 e. The predicted molar refractivity (Wildman–Crippen MR) is 98.6 cm³/mol. The van der Waals surface area contributed by atoms with E-state index < -0.39 is 6.10 Å². The molecule has 5 unspecified atom stereocenters. The van der Waals surface area contributed by atoms with Crippen LogP contribution in [0.25, 0.3) is 0 Å². The van der Waals surface area contributed by atoms with Crippen molar-refractivity contribution in [2.45, 2.75) is 45.0 Å². The van der Waals surface area contributed by atoms with Crippen molar-refractivity contribution < 1.29 is 9.84 Å². The van der Waals surface area contributed by atoms with E-state index in [1.54, 1.807) is 0 Å². The lowest BCUT2D eigenvalue weighted by Crippen LogP contribution is -2.41. The van der Waals surface area contributed by atoms with Gasteiger partial charge in [0, 0.05) is 31.5 Å². The van der Waals surface area contributed by atoms with E-state index in [0.717, 1.165) is 31.2 Å². The van der Waals surface area contributed by atoms with E-state index in [-0.39, 0.29) is 0 Å². The summed E-state index contributed by atoms with van der Waals surface area (Å²) in [6.07, 6.45) is 2.80. The molecule has 2 N–H and O–H groups in total. The fourth-order valence-electron chi connectivity index (χ4n) is 4.63. The number of rotatable bonds is 4. The quantitative estimate of drug-likeness (QED) is 0.649. The molecule has 5 atom stereocenters. The van der Waals surface area contributed by atoms with Gasteiger partial charge in [-0.15, -0.1) is 0 Å². The molecule has 0 radical (unpaired) electrons. The topological polar surface area (TPSA) is 57.1 Å². The van der Waals surface area contributed by atoms with Crippen LogP contribution in [0.1, 0.15) is 37.0 Å². The van der Waals surface area contributed by atoms with E-state index in [9.17, 15) is 5.11 Å². The van der Waals surface area contributed by atoms with Crippen LogP contribution in [0.3, 0.4) is 0 Å². The van der Waals surface area contributed by atoms with Gasteiger partial charge in [-0.2, -0.15) is 0 Å². The Labute approximate surface area is 150 Å². The van der Waals surface area contributed by atoms with Gasteiger partial charge in [-0.3, -0.25) is 4.99 Å². The monoisotopic (exact) mass is 343 g/mol. The number of aliphatic hydroxyl groups excluding tert-OH is 1. The second kappa shape index (κ2) is 6.96. The Morgan fingerprint density at radius 3 is 2.48 bits per heavy atom. The third-order valence-electron chi connectivity index (χ3n) is 5.96. The van der Waals surface area contributed by atoms with Crippen molar-refractivity contribution in [2.75, 3.05) is 26.2 Å². The zero-order valence-corrected chi connectivity index (χ0v) is 15.2. The number of fused-ring (bicyclic) bond motifs is 5. The molecular formula is C20H29N3O2. The van der Waals surface area contributed by atoms with Gasteiger partial charge in [0.05, 0.1) is 24.9 Å². The largest absolute Gasteiger partial charge is 0.386 e. The molecule has 1 aromatic carbocycles. The highest BCUT2D eigenvalue weighted by Crippen LogP contribution is 2.47. The normalized spacial score (nSPS) is 32.1. The van der Waals surface area contributed by atoms with Gasteiger partial charge in [0.2, 0.25) is 0 Å². The van der Waals surface area contributed by atoms with E-state index in [1.807, 2.05) is 24.3 Å². The summed E-state index contributed by atoms with van der Waals surface area (Å²) in [4.78, 5) is 7.10. The van der Waals surface area contributed by atoms with Crippen molar-refractivity contribution in [1.29, 1.82) is 0 Å². The Bertz CT molecular complexity index is 612. The Hall–Kier alpha value is -1.59. The van der Waals surface area contributed by atoms with Crippen LogP contribution in [-0.4, -0.2) is 54.4 Å². The van der Waals surface area contributed by atoms with Crippen molar-refractivity contribution in [3.63, 3.8) is 0 Å². The summed E-state index contributed by atoms with van der Waals surface area (Å²) >= 11 is 0. The highest BCUT2D eigenvalue weighted by atomic mass is 16.5. The Morgan fingerprint density at radius 1 is 1.24 bits per heavy atom. The van der Waals surface area contributed by atoms with Gasteiger partial charge in [-0.05, 0) is 32.3 Å². The third kappa shape index (κ3) is 3.27. The van der Waals surface area contributed by atoms with E-state index >= 15 is 0 Å². The van der Waals surface area contributed by atoms with Crippen molar-refractivity contribution in [2.24, 2.45) is 16.8 Å². The zero-order valence-electron chi connectivity index (χ0n) is 15.2. The molecule has 3 saturated heterocycles. The zero-order chi connectivity index (χ0) is 17.4. The van der Waals surface area contributed by atoms with E-state index in [2.05, 4.69) is 24.1 Å². The number of likely N-dealkylation sites (tertiary alicyclic amines) is 1. The number of nitrogens with zero attached hydrogens (tertiary/aromatic N) is 2. The molecule has 25 heavy (non-hydrogen) atoms. The number of aliphatic hydroxyl groups is 1. The minimum atomic E-state index is -0.559. The van der Waals surface area contributed by atoms with Crippen LogP contribution in [0, 0.1) is 18.8 Å². The number of aryl methyl sites for hydroxylation is 1. The first-order chi connectivity index (χ1) is 12.2. The second-order valence-electron chi connectivity index (χ2n) is 7.64. The Morgan fingerprint density at radius 2 is 1.88 bits per heavy atom. The summed E-state index contributed by atoms with van der Waals surface area (Å²) in [5.74, 6) is 2.25. The third-order valence-corrected chi connectivity index (χ3v) is 5.96. The number of hydrogen-bond acceptors (Lipinski definition) is 3. The van der Waals surface area contributed by atoms with Crippen molar-refractivity contribution in [3.05, 3.63) is 35.4 Å². The standard InChI is InChI=1S/C20H29N3O2/c1-3-21-20(22-10-17(24)14-6-4-13(2)5-7-14)23-11-15-16(12-23)19-9-8-18(15)25-19/h4-7,15-19,24H,3,8-12H2,1-2H3,(H,21,22). The van der Waals surface area contributed by atoms with Crippen LogP contribution in [0.5, 0.6) is 0 Å². The second-order valence-corrected chi connectivity index (χ2v) is 7.64. The van der Waals surface area contributed by atoms with Gasteiger partial charge in [0.1, 0.15) is 0 Å². The van der Waals surface area contributed by atoms with Crippen LogP contribution in [-0.2, 0) is 4.74 Å². The number of hydrogen-bond donors (Lipinski definition) is 2. The summed E-state index contributed by atoms with van der Waals surface area (Å²) in [5, 5.41) is 13.9. The number of ether oxygens (including phenoxy) is 1. The van der Waals surface area contributed by atoms with Gasteiger partial charge < -0.3 is 20.1 Å². The lowest BCUT2D eigenvalue weighted by Gasteiger charge is -2.23. The fourth-order valence-corrected chi connectivity index (χ4v) is 4.63. The van der Waals surface area contributed by atoms with Gasteiger partial charge in [0.25, 0.3) is 0 Å². The molecule has 0 aliphatic carbocycles. The fraction of sp³-hybridized carbons (Fsp3) is 0.650. The molecule has 3 fully saturated rings. The molecule has 0 amide bonds. The minimum absolute atomic E-state index is 0.389. The molecule has 0 saturated carbocycles. The molecule has 5 nitrogen and oxygen atoms in total. The Balaban J connectivity index is 1.42. The maximum absolute atomic E-state index is 10.5. The first-order valence-corrected chi connectivity index (χ1v) is 9.59. The first kappa shape index (κ1) is 16.9. The van der Waals surface area contributed by atoms with Crippen LogP contribution < -0.4 is 5.32 Å². The molecule has 5 heteroatoms. The molecule has 3 aliphatic heterocycles. The SMILES string of the molecule is CCNC(=NCC(O)c1ccc(C)cc1)N1CC2C3CCC(O3)C2C1. The maximum atomic E-state index is 10.5. The molecular weight excluding hydrogens is 314 g/mol. The smallest absolute Gasteiger partial charge is 0.194 e. The van der Waals surface area contributed by atoms with E-state index in [1.165, 1.54) is 18.4 Å². The molecule has 4 rings (SSSR count). The summed E-state index contributed by atoms with van der Waals surface area (Å²) in [5.41, 5.74) is 2.13. The van der Waals surface area contributed by atoms with Gasteiger partial charge in [-0.1, -0.05) is 29.8 Å². The van der Waals surface area contributed by atoms with E-state index in [0.29, 0.717) is 30.6 Å². The van der Waals surface area contributed by atoms with Crippen molar-refractivity contribution >= 4 is 5.96 Å². The van der Waals surface area contributed by atoms with Crippen molar-refractivity contribution in [3.8, 4) is 0 Å². The highest BCUT2D eigenvalue weighted by Gasteiger charge is 2.53.